The molecule has 1 atom stereocenters. The Balaban J connectivity index is 1.32. The van der Waals surface area contributed by atoms with Crippen molar-refractivity contribution in [2.24, 2.45) is 0 Å². The molecule has 2 fully saturated rings. The minimum Gasteiger partial charge on any atom is -0.369 e. The second kappa shape index (κ2) is 10.7. The molecule has 0 radical (unpaired) electrons. The van der Waals surface area contributed by atoms with Gasteiger partial charge in [-0.1, -0.05) is 29.8 Å². The lowest BCUT2D eigenvalue weighted by Crippen LogP contribution is -2.60. The standard InChI is InChI=1S/C24H28ClN5O3/c25-18-6-8-19(9-7-18)27-22(31)16-21-24(33)26-10-11-30(21)23(32)17-28-12-14-29(15-13-28)20-4-2-1-3-5-20/h1-9,21H,10-17H2,(H,26,33)(H,27,31)/t21-/m0/s1. The van der Waals surface area contributed by atoms with Crippen molar-refractivity contribution in [3.63, 3.8) is 0 Å². The molecule has 9 heteroatoms. The number of piperazine rings is 2. The van der Waals surface area contributed by atoms with Gasteiger partial charge < -0.3 is 20.4 Å². The fourth-order valence-corrected chi connectivity index (χ4v) is 4.35. The summed E-state index contributed by atoms with van der Waals surface area (Å²) in [5.74, 6) is -0.745. The van der Waals surface area contributed by atoms with Crippen molar-refractivity contribution in [1.82, 2.24) is 15.1 Å². The van der Waals surface area contributed by atoms with Gasteiger partial charge >= 0.3 is 0 Å². The minimum absolute atomic E-state index is 0.0953. The summed E-state index contributed by atoms with van der Waals surface area (Å²) in [4.78, 5) is 44.1. The van der Waals surface area contributed by atoms with E-state index in [9.17, 15) is 14.4 Å². The molecule has 2 aromatic rings. The highest BCUT2D eigenvalue weighted by atomic mass is 35.5. The van der Waals surface area contributed by atoms with Crippen molar-refractivity contribution in [3.05, 3.63) is 59.6 Å². The van der Waals surface area contributed by atoms with Crippen LogP contribution in [0.15, 0.2) is 54.6 Å². The molecule has 0 unspecified atom stereocenters. The molecular weight excluding hydrogens is 442 g/mol. The molecule has 174 valence electrons. The van der Waals surface area contributed by atoms with Crippen LogP contribution in [0.25, 0.3) is 0 Å². The van der Waals surface area contributed by atoms with Gasteiger partial charge in [0.15, 0.2) is 0 Å². The second-order valence-electron chi connectivity index (χ2n) is 8.25. The Labute approximate surface area is 198 Å². The van der Waals surface area contributed by atoms with E-state index in [1.165, 1.54) is 5.69 Å². The van der Waals surface area contributed by atoms with Gasteiger partial charge in [-0.2, -0.15) is 0 Å². The molecule has 33 heavy (non-hydrogen) atoms. The topological polar surface area (TPSA) is 85.0 Å². The van der Waals surface area contributed by atoms with E-state index in [2.05, 4.69) is 32.6 Å². The van der Waals surface area contributed by atoms with E-state index in [1.807, 2.05) is 18.2 Å². The molecule has 3 amide bonds. The molecule has 2 aliphatic heterocycles. The molecule has 2 N–H and O–H groups in total. The van der Waals surface area contributed by atoms with Gasteiger partial charge in [0.05, 0.1) is 13.0 Å². The maximum absolute atomic E-state index is 13.1. The van der Waals surface area contributed by atoms with Crippen molar-refractivity contribution < 1.29 is 14.4 Å². The fraction of sp³-hybridized carbons (Fsp3) is 0.375. The van der Waals surface area contributed by atoms with Crippen LogP contribution in [0, 0.1) is 0 Å². The molecule has 0 aromatic heterocycles. The number of nitrogens with zero attached hydrogens (tertiary/aromatic N) is 3. The summed E-state index contributed by atoms with van der Waals surface area (Å²) in [6.45, 7) is 4.24. The zero-order valence-electron chi connectivity index (χ0n) is 18.4. The number of anilines is 2. The second-order valence-corrected chi connectivity index (χ2v) is 8.69. The molecule has 0 saturated carbocycles. The van der Waals surface area contributed by atoms with Gasteiger partial charge in [-0.15, -0.1) is 0 Å². The Kier molecular flexibility index (Phi) is 7.47. The van der Waals surface area contributed by atoms with Crippen molar-refractivity contribution in [2.45, 2.75) is 12.5 Å². The number of benzene rings is 2. The Bertz CT molecular complexity index is 977. The number of carbonyl (C=O) groups excluding carboxylic acids is 3. The Hall–Kier alpha value is -3.10. The summed E-state index contributed by atoms with van der Waals surface area (Å²) in [6.07, 6.45) is -0.0953. The minimum atomic E-state index is -0.816. The van der Waals surface area contributed by atoms with Gasteiger partial charge in [0.1, 0.15) is 6.04 Å². The van der Waals surface area contributed by atoms with E-state index in [-0.39, 0.29) is 30.7 Å². The molecule has 4 rings (SSSR count). The smallest absolute Gasteiger partial charge is 0.243 e. The van der Waals surface area contributed by atoms with Crippen LogP contribution >= 0.6 is 11.6 Å². The Morgan fingerprint density at radius 1 is 0.970 bits per heavy atom. The summed E-state index contributed by atoms with van der Waals surface area (Å²) in [6, 6.07) is 16.2. The van der Waals surface area contributed by atoms with Crippen molar-refractivity contribution in [1.29, 1.82) is 0 Å². The van der Waals surface area contributed by atoms with Crippen LogP contribution in [0.4, 0.5) is 11.4 Å². The number of carbonyl (C=O) groups is 3. The first kappa shape index (κ1) is 23.1. The van der Waals surface area contributed by atoms with E-state index in [0.29, 0.717) is 23.8 Å². The first-order chi connectivity index (χ1) is 16.0. The van der Waals surface area contributed by atoms with E-state index >= 15 is 0 Å². The maximum Gasteiger partial charge on any atom is 0.243 e. The Morgan fingerprint density at radius 3 is 2.36 bits per heavy atom. The third kappa shape index (κ3) is 6.03. The van der Waals surface area contributed by atoms with Gasteiger partial charge in [-0.25, -0.2) is 0 Å². The van der Waals surface area contributed by atoms with E-state index in [1.54, 1.807) is 29.2 Å². The van der Waals surface area contributed by atoms with Crippen molar-refractivity contribution in [2.75, 3.05) is 56.0 Å². The average molecular weight is 470 g/mol. The molecule has 8 nitrogen and oxygen atoms in total. The first-order valence-electron chi connectivity index (χ1n) is 11.1. The van der Waals surface area contributed by atoms with Crippen LogP contribution in [0.1, 0.15) is 6.42 Å². The molecule has 2 aliphatic rings. The average Bonchev–Trinajstić information content (AvgIpc) is 2.83. The van der Waals surface area contributed by atoms with Gasteiger partial charge in [-0.05, 0) is 36.4 Å². The molecule has 2 heterocycles. The number of rotatable bonds is 6. The highest BCUT2D eigenvalue weighted by Gasteiger charge is 2.35. The molecule has 0 spiro atoms. The summed E-state index contributed by atoms with van der Waals surface area (Å²) in [7, 11) is 0. The summed E-state index contributed by atoms with van der Waals surface area (Å²) >= 11 is 5.88. The number of hydrogen-bond donors (Lipinski definition) is 2. The lowest BCUT2D eigenvalue weighted by atomic mass is 10.1. The number of amides is 3. The van der Waals surface area contributed by atoms with Crippen LogP contribution < -0.4 is 15.5 Å². The summed E-state index contributed by atoms with van der Waals surface area (Å²) < 4.78 is 0. The zero-order chi connectivity index (χ0) is 23.2. The quantitative estimate of drug-likeness (QED) is 0.674. The maximum atomic E-state index is 13.1. The van der Waals surface area contributed by atoms with Crippen LogP contribution in [0.3, 0.4) is 0 Å². The summed E-state index contributed by atoms with van der Waals surface area (Å²) in [5, 5.41) is 6.11. The molecular formula is C24H28ClN5O3. The Morgan fingerprint density at radius 2 is 1.67 bits per heavy atom. The lowest BCUT2D eigenvalue weighted by molar-refractivity contribution is -0.145. The van der Waals surface area contributed by atoms with Crippen LogP contribution in [-0.2, 0) is 14.4 Å². The predicted octanol–water partition coefficient (Wildman–Crippen LogP) is 1.82. The van der Waals surface area contributed by atoms with Crippen LogP contribution in [-0.4, -0.2) is 79.4 Å². The van der Waals surface area contributed by atoms with E-state index in [0.717, 1.165) is 26.2 Å². The highest BCUT2D eigenvalue weighted by Crippen LogP contribution is 2.18. The van der Waals surface area contributed by atoms with E-state index < -0.39 is 6.04 Å². The largest absolute Gasteiger partial charge is 0.369 e. The SMILES string of the molecule is O=C(C[C@H]1C(=O)NCCN1C(=O)CN1CCN(c2ccccc2)CC1)Nc1ccc(Cl)cc1. The van der Waals surface area contributed by atoms with E-state index in [4.69, 9.17) is 11.6 Å². The highest BCUT2D eigenvalue weighted by molar-refractivity contribution is 6.30. The molecule has 0 bridgehead atoms. The third-order valence-electron chi connectivity index (χ3n) is 6.01. The van der Waals surface area contributed by atoms with Gasteiger partial charge in [0, 0.05) is 55.7 Å². The van der Waals surface area contributed by atoms with Gasteiger partial charge in [0.25, 0.3) is 0 Å². The normalized spacial score (nSPS) is 19.2. The third-order valence-corrected chi connectivity index (χ3v) is 6.26. The number of hydrogen-bond acceptors (Lipinski definition) is 5. The molecule has 2 aromatic carbocycles. The molecule has 0 aliphatic carbocycles. The number of para-hydroxylation sites is 1. The van der Waals surface area contributed by atoms with Gasteiger partial charge in [-0.3, -0.25) is 19.3 Å². The van der Waals surface area contributed by atoms with Crippen LogP contribution in [0.5, 0.6) is 0 Å². The van der Waals surface area contributed by atoms with Crippen molar-refractivity contribution in [3.8, 4) is 0 Å². The predicted molar refractivity (Wildman–Crippen MR) is 128 cm³/mol. The number of halogens is 1. The lowest BCUT2D eigenvalue weighted by Gasteiger charge is -2.39. The first-order valence-corrected chi connectivity index (χ1v) is 11.5. The summed E-state index contributed by atoms with van der Waals surface area (Å²) in [5.41, 5.74) is 1.78. The van der Waals surface area contributed by atoms with Crippen LogP contribution in [0.2, 0.25) is 5.02 Å². The van der Waals surface area contributed by atoms with Gasteiger partial charge in [0.2, 0.25) is 17.7 Å². The fourth-order valence-electron chi connectivity index (χ4n) is 4.22. The van der Waals surface area contributed by atoms with Crippen molar-refractivity contribution >= 4 is 40.7 Å². The monoisotopic (exact) mass is 469 g/mol. The zero-order valence-corrected chi connectivity index (χ0v) is 19.1. The molecule has 2 saturated heterocycles. The number of nitrogens with one attached hydrogen (secondary N) is 2.